The van der Waals surface area contributed by atoms with Crippen LogP contribution in [0, 0.1) is 0 Å². The molecule has 1 N–H and O–H groups in total. The van der Waals surface area contributed by atoms with Crippen molar-refractivity contribution in [1.82, 2.24) is 4.31 Å². The van der Waals surface area contributed by atoms with E-state index in [1.54, 1.807) is 12.1 Å². The first-order chi connectivity index (χ1) is 15.0. The SMILES string of the molecule is COc1ccc(NC(=O)c2sccc2-c2ccccc2)cc1S(=O)(=O)N1CCOCC1. The van der Waals surface area contributed by atoms with Gasteiger partial charge in [0.15, 0.2) is 0 Å². The molecule has 3 aromatic rings. The van der Waals surface area contributed by atoms with Crippen molar-refractivity contribution in [3.05, 3.63) is 64.9 Å². The average molecular weight is 459 g/mol. The van der Waals surface area contributed by atoms with Crippen molar-refractivity contribution in [3.8, 4) is 16.9 Å². The summed E-state index contributed by atoms with van der Waals surface area (Å²) >= 11 is 1.33. The van der Waals surface area contributed by atoms with Crippen LogP contribution in [-0.4, -0.2) is 52.0 Å². The largest absolute Gasteiger partial charge is 0.495 e. The number of carbonyl (C=O) groups excluding carboxylic acids is 1. The lowest BCUT2D eigenvalue weighted by Gasteiger charge is -2.26. The summed E-state index contributed by atoms with van der Waals surface area (Å²) in [6.45, 7) is 1.24. The van der Waals surface area contributed by atoms with E-state index >= 15 is 0 Å². The van der Waals surface area contributed by atoms with E-state index < -0.39 is 10.0 Å². The van der Waals surface area contributed by atoms with Gasteiger partial charge in [-0.3, -0.25) is 4.79 Å². The van der Waals surface area contributed by atoms with Crippen molar-refractivity contribution >= 4 is 33.0 Å². The van der Waals surface area contributed by atoms with Crippen LogP contribution < -0.4 is 10.1 Å². The van der Waals surface area contributed by atoms with E-state index in [9.17, 15) is 13.2 Å². The van der Waals surface area contributed by atoms with E-state index in [4.69, 9.17) is 9.47 Å². The van der Waals surface area contributed by atoms with Gasteiger partial charge in [0.25, 0.3) is 5.91 Å². The first kappa shape index (κ1) is 21.5. The molecule has 31 heavy (non-hydrogen) atoms. The summed E-state index contributed by atoms with van der Waals surface area (Å²) in [5.41, 5.74) is 2.15. The highest BCUT2D eigenvalue weighted by molar-refractivity contribution is 7.89. The number of hydrogen-bond acceptors (Lipinski definition) is 6. The number of methoxy groups -OCH3 is 1. The molecule has 7 nitrogen and oxygen atoms in total. The minimum absolute atomic E-state index is 0.0177. The van der Waals surface area contributed by atoms with Crippen LogP contribution in [0.4, 0.5) is 5.69 Å². The summed E-state index contributed by atoms with van der Waals surface area (Å²) in [6.07, 6.45) is 0. The van der Waals surface area contributed by atoms with E-state index in [1.165, 1.54) is 28.8 Å². The van der Waals surface area contributed by atoms with Crippen molar-refractivity contribution in [3.63, 3.8) is 0 Å². The second-order valence-electron chi connectivity index (χ2n) is 6.87. The van der Waals surface area contributed by atoms with Crippen LogP contribution in [0.25, 0.3) is 11.1 Å². The van der Waals surface area contributed by atoms with Gasteiger partial charge in [0.05, 0.1) is 25.2 Å². The molecule has 0 atom stereocenters. The number of anilines is 1. The molecule has 0 bridgehead atoms. The Labute approximate surface area is 185 Å². The lowest BCUT2D eigenvalue weighted by atomic mass is 10.1. The predicted molar refractivity (Wildman–Crippen MR) is 120 cm³/mol. The fourth-order valence-corrected chi connectivity index (χ4v) is 5.80. The van der Waals surface area contributed by atoms with Gasteiger partial charge in [-0.05, 0) is 35.2 Å². The number of thiophene rings is 1. The number of rotatable bonds is 6. The van der Waals surface area contributed by atoms with E-state index in [1.807, 2.05) is 41.8 Å². The number of carbonyl (C=O) groups is 1. The summed E-state index contributed by atoms with van der Waals surface area (Å²) in [5.74, 6) is -0.0701. The van der Waals surface area contributed by atoms with Crippen LogP contribution in [0.5, 0.6) is 5.75 Å². The van der Waals surface area contributed by atoms with Crippen molar-refractivity contribution in [1.29, 1.82) is 0 Å². The summed E-state index contributed by atoms with van der Waals surface area (Å²) in [4.78, 5) is 13.6. The van der Waals surface area contributed by atoms with Crippen LogP contribution in [0.1, 0.15) is 9.67 Å². The van der Waals surface area contributed by atoms with Crippen LogP contribution in [0.15, 0.2) is 64.9 Å². The Hall–Kier alpha value is -2.72. The number of morpholine rings is 1. The van der Waals surface area contributed by atoms with Crippen molar-refractivity contribution in [2.24, 2.45) is 0 Å². The Morgan fingerprint density at radius 2 is 1.84 bits per heavy atom. The number of hydrogen-bond donors (Lipinski definition) is 1. The minimum Gasteiger partial charge on any atom is -0.495 e. The molecule has 1 fully saturated rings. The maximum atomic E-state index is 13.2. The standard InChI is InChI=1S/C22H22N2O5S2/c1-28-19-8-7-17(15-20(19)31(26,27)24-10-12-29-13-11-24)23-22(25)21-18(9-14-30-21)16-5-3-2-4-6-16/h2-9,14-15H,10-13H2,1H3,(H,23,25). The van der Waals surface area contributed by atoms with Crippen LogP contribution in [-0.2, 0) is 14.8 Å². The van der Waals surface area contributed by atoms with E-state index in [0.717, 1.165) is 11.1 Å². The molecular formula is C22H22N2O5S2. The monoisotopic (exact) mass is 458 g/mol. The summed E-state index contributed by atoms with van der Waals surface area (Å²) < 4.78 is 38.2. The lowest BCUT2D eigenvalue weighted by molar-refractivity contribution is 0.0729. The molecule has 1 amide bonds. The topological polar surface area (TPSA) is 84.9 Å². The van der Waals surface area contributed by atoms with Crippen molar-refractivity contribution in [2.45, 2.75) is 4.90 Å². The number of amides is 1. The van der Waals surface area contributed by atoms with Gasteiger partial charge < -0.3 is 14.8 Å². The molecule has 1 saturated heterocycles. The maximum Gasteiger partial charge on any atom is 0.266 e. The Morgan fingerprint density at radius 1 is 1.10 bits per heavy atom. The van der Waals surface area contributed by atoms with Gasteiger partial charge >= 0.3 is 0 Å². The zero-order valence-electron chi connectivity index (χ0n) is 16.9. The molecule has 0 radical (unpaired) electrons. The fourth-order valence-electron chi connectivity index (χ4n) is 3.40. The molecule has 1 aliphatic rings. The summed E-state index contributed by atoms with van der Waals surface area (Å²) in [5, 5.41) is 4.69. The molecule has 1 aliphatic heterocycles. The zero-order chi connectivity index (χ0) is 21.8. The quantitative estimate of drug-likeness (QED) is 0.609. The first-order valence-corrected chi connectivity index (χ1v) is 12.0. The van der Waals surface area contributed by atoms with E-state index in [2.05, 4.69) is 5.32 Å². The smallest absolute Gasteiger partial charge is 0.266 e. The average Bonchev–Trinajstić information content (AvgIpc) is 3.30. The maximum absolute atomic E-state index is 13.2. The Bertz CT molecular complexity index is 1170. The summed E-state index contributed by atoms with van der Waals surface area (Å²) in [6, 6.07) is 16.2. The van der Waals surface area contributed by atoms with Crippen molar-refractivity contribution in [2.75, 3.05) is 38.7 Å². The number of ether oxygens (including phenoxy) is 2. The Kier molecular flexibility index (Phi) is 6.38. The van der Waals surface area contributed by atoms with Crippen LogP contribution >= 0.6 is 11.3 Å². The molecule has 2 aromatic carbocycles. The highest BCUT2D eigenvalue weighted by Crippen LogP contribution is 2.32. The molecule has 0 spiro atoms. The second-order valence-corrected chi connectivity index (χ2v) is 9.69. The molecule has 9 heteroatoms. The number of nitrogens with one attached hydrogen (secondary N) is 1. The highest BCUT2D eigenvalue weighted by Gasteiger charge is 2.29. The third-order valence-electron chi connectivity index (χ3n) is 4.97. The van der Waals surface area contributed by atoms with Gasteiger partial charge in [0.2, 0.25) is 10.0 Å². The highest BCUT2D eigenvalue weighted by atomic mass is 32.2. The fraction of sp³-hybridized carbons (Fsp3) is 0.227. The molecule has 0 unspecified atom stereocenters. The minimum atomic E-state index is -3.79. The van der Waals surface area contributed by atoms with Crippen molar-refractivity contribution < 1.29 is 22.7 Å². The molecule has 1 aromatic heterocycles. The van der Waals surface area contributed by atoms with Gasteiger partial charge in [-0.15, -0.1) is 11.3 Å². The number of benzene rings is 2. The molecule has 0 saturated carbocycles. The van der Waals surface area contributed by atoms with Gasteiger partial charge in [-0.2, -0.15) is 4.31 Å². The van der Waals surface area contributed by atoms with E-state index in [-0.39, 0.29) is 29.6 Å². The van der Waals surface area contributed by atoms with Gasteiger partial charge in [-0.1, -0.05) is 30.3 Å². The Balaban J connectivity index is 1.63. The summed E-state index contributed by atoms with van der Waals surface area (Å²) in [7, 11) is -2.37. The lowest BCUT2D eigenvalue weighted by Crippen LogP contribution is -2.40. The van der Waals surface area contributed by atoms with E-state index in [0.29, 0.717) is 23.8 Å². The molecule has 162 valence electrons. The molecule has 2 heterocycles. The van der Waals surface area contributed by atoms with Crippen LogP contribution in [0.3, 0.4) is 0 Å². The third-order valence-corrected chi connectivity index (χ3v) is 7.80. The molecule has 0 aliphatic carbocycles. The number of nitrogens with zero attached hydrogens (tertiary/aromatic N) is 1. The number of sulfonamides is 1. The molecular weight excluding hydrogens is 436 g/mol. The van der Waals surface area contributed by atoms with Gasteiger partial charge in [0, 0.05) is 24.3 Å². The van der Waals surface area contributed by atoms with Gasteiger partial charge in [-0.25, -0.2) is 8.42 Å². The van der Waals surface area contributed by atoms with Gasteiger partial charge in [0.1, 0.15) is 10.6 Å². The second kappa shape index (κ2) is 9.19. The van der Waals surface area contributed by atoms with Crippen LogP contribution in [0.2, 0.25) is 0 Å². The Morgan fingerprint density at radius 3 is 2.55 bits per heavy atom. The third kappa shape index (κ3) is 4.49. The first-order valence-electron chi connectivity index (χ1n) is 9.71. The predicted octanol–water partition coefficient (Wildman–Crippen LogP) is 3.70. The normalized spacial score (nSPS) is 14.9. The zero-order valence-corrected chi connectivity index (χ0v) is 18.5. The molecule has 4 rings (SSSR count).